The van der Waals surface area contributed by atoms with Crippen molar-refractivity contribution in [2.75, 3.05) is 0 Å². The van der Waals surface area contributed by atoms with Crippen LogP contribution < -0.4 is 0 Å². The van der Waals surface area contributed by atoms with Gasteiger partial charge in [-0.3, -0.25) is 0 Å². The first-order valence-electron chi connectivity index (χ1n) is 5.04. The van der Waals surface area contributed by atoms with Crippen molar-refractivity contribution in [3.05, 3.63) is 0 Å². The van der Waals surface area contributed by atoms with Crippen molar-refractivity contribution in [1.29, 1.82) is 0 Å². The van der Waals surface area contributed by atoms with Gasteiger partial charge < -0.3 is 58.7 Å². The van der Waals surface area contributed by atoms with Crippen molar-refractivity contribution in [2.24, 2.45) is 0 Å². The van der Waals surface area contributed by atoms with Gasteiger partial charge in [0.05, 0.1) is 0 Å². The van der Waals surface area contributed by atoms with Crippen molar-refractivity contribution < 1.29 is 58.7 Å². The summed E-state index contributed by atoms with van der Waals surface area (Å²) in [6.45, 7) is -10.9. The average molecular weight is 514 g/mol. The van der Waals surface area contributed by atoms with Crippen molar-refractivity contribution in [3.8, 4) is 0 Å². The molecule has 154 valence electrons. The molecule has 0 aliphatic rings. The van der Waals surface area contributed by atoms with E-state index in [1.54, 1.807) is 0 Å². The van der Waals surface area contributed by atoms with Crippen molar-refractivity contribution in [1.82, 2.24) is 0 Å². The van der Waals surface area contributed by atoms with Crippen molar-refractivity contribution in [3.63, 3.8) is 0 Å². The maximum atomic E-state index is 7.56. The number of unbranched alkanes of at least 4 members (excludes halogenated alkanes) is 1. The van der Waals surface area contributed by atoms with E-state index in [0.29, 0.717) is 0 Å². The summed E-state index contributed by atoms with van der Waals surface area (Å²) < 4.78 is 0. The quantitative estimate of drug-likeness (QED) is 0.179. The lowest BCUT2D eigenvalue weighted by Gasteiger charge is -1.88. The predicted octanol–water partition coefficient (Wildman–Crippen LogP) is -1.44. The van der Waals surface area contributed by atoms with Crippen molar-refractivity contribution in [2.45, 2.75) is 26.7 Å². The molecule has 0 bridgehead atoms. The molecule has 20 heteroatoms. The van der Waals surface area contributed by atoms with Gasteiger partial charge in [0.1, 0.15) is 0 Å². The van der Waals surface area contributed by atoms with Crippen molar-refractivity contribution >= 4 is 74.1 Å². The molecule has 24 heavy (non-hydrogen) atoms. The van der Waals surface area contributed by atoms with Crippen LogP contribution in [0.15, 0.2) is 0 Å². The van der Waals surface area contributed by atoms with Crippen LogP contribution in [0.1, 0.15) is 26.7 Å². The van der Waals surface area contributed by atoms with Gasteiger partial charge in [-0.2, -0.15) is 0 Å². The zero-order chi connectivity index (χ0) is 21.4. The molecule has 0 aromatic carbocycles. The van der Waals surface area contributed by atoms with Gasteiger partial charge in [0.15, 0.2) is 0 Å². The van der Waals surface area contributed by atoms with Crippen LogP contribution in [-0.4, -0.2) is 58.7 Å². The Morgan fingerprint density at radius 1 is 0.417 bits per heavy atom. The van der Waals surface area contributed by atoms with E-state index in [1.165, 1.54) is 12.8 Å². The zero-order valence-corrected chi connectivity index (χ0v) is 19.0. The lowest BCUT2D eigenvalue weighted by atomic mass is 10.4. The minimum Gasteiger partial charge on any atom is -0.325 e. The first-order valence-corrected chi connectivity index (χ1v) is 15.7. The predicted molar refractivity (Wildman–Crippen MR) is 104 cm³/mol. The molecular formula is C4H22O12P4S4. The highest BCUT2D eigenvalue weighted by atomic mass is 32.5. The maximum Gasteiger partial charge on any atom is 0.319 e. The summed E-state index contributed by atoms with van der Waals surface area (Å²) >= 11 is 14.4. The van der Waals surface area contributed by atoms with Gasteiger partial charge in [0.25, 0.3) is 0 Å². The van der Waals surface area contributed by atoms with E-state index < -0.39 is 26.9 Å². The Hall–Kier alpha value is 2.12. The minimum absolute atomic E-state index is 1.32. The summed E-state index contributed by atoms with van der Waals surface area (Å²) in [5.41, 5.74) is 0. The SMILES string of the molecule is CCCC.OP(O)(O)=S.OP(O)(O)=S.OP(O)(O)=S.OP(O)(O)=S. The molecule has 0 amide bonds. The van der Waals surface area contributed by atoms with Gasteiger partial charge in [-0.1, -0.05) is 26.7 Å². The average Bonchev–Trinajstić information content (AvgIpc) is 2.05. The Morgan fingerprint density at radius 2 is 0.458 bits per heavy atom. The number of rotatable bonds is 1. The maximum absolute atomic E-state index is 7.56. The molecule has 0 heterocycles. The molecule has 0 spiro atoms. The highest BCUT2D eigenvalue weighted by molar-refractivity contribution is 8.07. The molecule has 0 aliphatic heterocycles. The summed E-state index contributed by atoms with van der Waals surface area (Å²) in [6.07, 6.45) is 2.64. The van der Waals surface area contributed by atoms with Crippen LogP contribution in [0.25, 0.3) is 0 Å². The van der Waals surface area contributed by atoms with Crippen LogP contribution in [0.4, 0.5) is 0 Å². The lowest BCUT2D eigenvalue weighted by Crippen LogP contribution is -1.65. The summed E-state index contributed by atoms with van der Waals surface area (Å²) in [7, 11) is 0. The van der Waals surface area contributed by atoms with E-state index in [-0.39, 0.29) is 0 Å². The molecule has 12 N–H and O–H groups in total. The van der Waals surface area contributed by atoms with Crippen LogP contribution in [-0.2, 0) is 47.2 Å². The largest absolute Gasteiger partial charge is 0.325 e. The third kappa shape index (κ3) is 1320. The second kappa shape index (κ2) is 18.5. The lowest BCUT2D eigenvalue weighted by molar-refractivity contribution is 0.361. The van der Waals surface area contributed by atoms with E-state index in [2.05, 4.69) is 61.1 Å². The van der Waals surface area contributed by atoms with Gasteiger partial charge in [-0.15, -0.1) is 0 Å². The fourth-order valence-electron chi connectivity index (χ4n) is 0. The van der Waals surface area contributed by atoms with Gasteiger partial charge in [0.2, 0.25) is 0 Å². The van der Waals surface area contributed by atoms with Gasteiger partial charge in [0, 0.05) is 0 Å². The second-order valence-electron chi connectivity index (χ2n) is 3.05. The Kier molecular flexibility index (Phi) is 28.5. The molecule has 0 aromatic rings. The molecular weight excluding hydrogens is 492 g/mol. The summed E-state index contributed by atoms with van der Waals surface area (Å²) in [4.78, 5) is 90.7. The summed E-state index contributed by atoms with van der Waals surface area (Å²) in [5.74, 6) is 0. The van der Waals surface area contributed by atoms with Crippen LogP contribution in [0.2, 0.25) is 0 Å². The molecule has 0 radical (unpaired) electrons. The standard InChI is InChI=1S/C4H10.4H3O3PS/c1-3-4-2;4*1-4(2,3)5/h3-4H2,1-2H3;4*(H3,1,2,3,5). The third-order valence-corrected chi connectivity index (χ3v) is 0.500. The molecule has 0 saturated heterocycles. The summed E-state index contributed by atoms with van der Waals surface area (Å²) in [5, 5.41) is 0. The van der Waals surface area contributed by atoms with Crippen LogP contribution in [0, 0.1) is 0 Å². The van der Waals surface area contributed by atoms with E-state index in [1.807, 2.05) is 0 Å². The molecule has 0 aliphatic carbocycles. The smallest absolute Gasteiger partial charge is 0.319 e. The van der Waals surface area contributed by atoms with Crippen LogP contribution in [0.3, 0.4) is 0 Å². The van der Waals surface area contributed by atoms with Gasteiger partial charge in [-0.25, -0.2) is 0 Å². The Bertz CT molecular complexity index is 333. The third-order valence-electron chi connectivity index (χ3n) is 0.500. The Labute approximate surface area is 159 Å². The highest BCUT2D eigenvalue weighted by Crippen LogP contribution is 2.27. The number of hydrogen-bond acceptors (Lipinski definition) is 4. The van der Waals surface area contributed by atoms with E-state index >= 15 is 0 Å². The Morgan fingerprint density at radius 3 is 0.458 bits per heavy atom. The summed E-state index contributed by atoms with van der Waals surface area (Å²) in [6, 6.07) is 0. The topological polar surface area (TPSA) is 243 Å². The van der Waals surface area contributed by atoms with E-state index in [0.717, 1.165) is 0 Å². The molecule has 0 fully saturated rings. The highest BCUT2D eigenvalue weighted by Gasteiger charge is 1.93. The molecule has 0 aromatic heterocycles. The Balaban J connectivity index is -0.0000000628. The minimum atomic E-state index is -3.81. The first kappa shape index (κ1) is 37.0. The molecule has 0 atom stereocenters. The monoisotopic (exact) mass is 514 g/mol. The normalized spacial score (nSPS) is 11.1. The first-order chi connectivity index (χ1) is 9.91. The molecule has 12 nitrogen and oxygen atoms in total. The molecule has 0 saturated carbocycles. The van der Waals surface area contributed by atoms with Gasteiger partial charge in [-0.05, 0) is 47.2 Å². The zero-order valence-electron chi connectivity index (χ0n) is 12.2. The van der Waals surface area contributed by atoms with Crippen LogP contribution >= 0.6 is 26.9 Å². The molecule has 0 rings (SSSR count). The van der Waals surface area contributed by atoms with E-state index in [4.69, 9.17) is 58.7 Å². The molecule has 0 unspecified atom stereocenters. The second-order valence-corrected chi connectivity index (χ2v) is 13.0. The fourth-order valence-corrected chi connectivity index (χ4v) is 0. The van der Waals surface area contributed by atoms with Gasteiger partial charge >= 0.3 is 26.9 Å². The number of hydrogen-bond donors (Lipinski definition) is 12. The van der Waals surface area contributed by atoms with Crippen LogP contribution in [0.5, 0.6) is 0 Å². The fraction of sp³-hybridized carbons (Fsp3) is 1.00. The van der Waals surface area contributed by atoms with E-state index in [9.17, 15) is 0 Å².